The van der Waals surface area contributed by atoms with Gasteiger partial charge in [0.2, 0.25) is 0 Å². The van der Waals surface area contributed by atoms with Crippen LogP contribution in [0.4, 0.5) is 0 Å². The van der Waals surface area contributed by atoms with E-state index < -0.39 is 0 Å². The molecule has 4 heteroatoms. The number of hydrogen-bond acceptors (Lipinski definition) is 2. The third-order valence-electron chi connectivity index (χ3n) is 1.53. The lowest BCUT2D eigenvalue weighted by Gasteiger charge is -1.86. The molecule has 0 saturated heterocycles. The molecule has 2 heterocycles. The van der Waals surface area contributed by atoms with Gasteiger partial charge in [0.05, 0.1) is 16.5 Å². The minimum absolute atomic E-state index is 0.491. The summed E-state index contributed by atoms with van der Waals surface area (Å²) in [6.07, 6.45) is 3.74. The van der Waals surface area contributed by atoms with E-state index in [1.807, 2.05) is 24.5 Å². The van der Waals surface area contributed by atoms with Crippen molar-refractivity contribution in [2.45, 2.75) is 5.88 Å². The van der Waals surface area contributed by atoms with Crippen LogP contribution in [0, 0.1) is 0 Å². The quantitative estimate of drug-likeness (QED) is 0.739. The van der Waals surface area contributed by atoms with E-state index in [0.29, 0.717) is 5.88 Å². The highest BCUT2D eigenvalue weighted by atomic mass is 35.5. The lowest BCUT2D eigenvalue weighted by molar-refractivity contribution is 1.26. The van der Waals surface area contributed by atoms with Crippen LogP contribution in [-0.2, 0) is 5.88 Å². The van der Waals surface area contributed by atoms with E-state index in [0.717, 1.165) is 15.6 Å². The van der Waals surface area contributed by atoms with Crippen LogP contribution in [0.15, 0.2) is 24.5 Å². The Morgan fingerprint density at radius 3 is 3.08 bits per heavy atom. The van der Waals surface area contributed by atoms with Crippen LogP contribution in [-0.4, -0.2) is 9.97 Å². The number of hydrogen-bond donors (Lipinski definition) is 1. The average Bonchev–Trinajstić information content (AvgIpc) is 2.75. The topological polar surface area (TPSA) is 28.7 Å². The fourth-order valence-corrected chi connectivity index (χ4v) is 1.97. The zero-order chi connectivity index (χ0) is 8.39. The van der Waals surface area contributed by atoms with Gasteiger partial charge in [-0.15, -0.1) is 22.9 Å². The van der Waals surface area contributed by atoms with Crippen LogP contribution in [0.2, 0.25) is 0 Å². The lowest BCUT2D eigenvalue weighted by Crippen LogP contribution is -1.67. The Hall–Kier alpha value is -0.800. The first-order valence-electron chi connectivity index (χ1n) is 3.54. The molecular weight excluding hydrogens is 192 g/mol. The molecule has 0 aliphatic heterocycles. The van der Waals surface area contributed by atoms with E-state index >= 15 is 0 Å². The highest BCUT2D eigenvalue weighted by Crippen LogP contribution is 2.24. The van der Waals surface area contributed by atoms with Crippen LogP contribution in [0.3, 0.4) is 0 Å². The number of alkyl halides is 1. The molecule has 0 aliphatic carbocycles. The summed E-state index contributed by atoms with van der Waals surface area (Å²) in [6.45, 7) is 0. The second-order valence-electron chi connectivity index (χ2n) is 2.34. The van der Waals surface area contributed by atoms with Crippen LogP contribution < -0.4 is 0 Å². The van der Waals surface area contributed by atoms with Crippen molar-refractivity contribution < 1.29 is 0 Å². The molecule has 1 N–H and O–H groups in total. The molecule has 0 bridgehead atoms. The SMILES string of the molecule is ClCc1ncc(-c2ccc[nH]2)s1. The lowest BCUT2D eigenvalue weighted by atomic mass is 10.4. The first-order valence-corrected chi connectivity index (χ1v) is 4.89. The van der Waals surface area contributed by atoms with Gasteiger partial charge in [-0.3, -0.25) is 0 Å². The second-order valence-corrected chi connectivity index (χ2v) is 3.72. The number of nitrogens with zero attached hydrogens (tertiary/aromatic N) is 1. The van der Waals surface area contributed by atoms with Gasteiger partial charge < -0.3 is 4.98 Å². The van der Waals surface area contributed by atoms with Crippen LogP contribution in [0.1, 0.15) is 5.01 Å². The number of halogens is 1. The van der Waals surface area contributed by atoms with Gasteiger partial charge in [-0.1, -0.05) is 0 Å². The van der Waals surface area contributed by atoms with Gasteiger partial charge >= 0.3 is 0 Å². The summed E-state index contributed by atoms with van der Waals surface area (Å²) in [4.78, 5) is 8.41. The molecule has 0 aliphatic rings. The third kappa shape index (κ3) is 1.38. The Balaban J connectivity index is 2.35. The Kier molecular flexibility index (Phi) is 2.15. The Morgan fingerprint density at radius 2 is 2.50 bits per heavy atom. The summed E-state index contributed by atoms with van der Waals surface area (Å²) in [7, 11) is 0. The molecule has 2 aromatic rings. The van der Waals surface area contributed by atoms with Crippen molar-refractivity contribution >= 4 is 22.9 Å². The van der Waals surface area contributed by atoms with E-state index in [-0.39, 0.29) is 0 Å². The van der Waals surface area contributed by atoms with Crippen LogP contribution >= 0.6 is 22.9 Å². The van der Waals surface area contributed by atoms with Crippen molar-refractivity contribution in [2.24, 2.45) is 0 Å². The molecule has 0 aromatic carbocycles. The van der Waals surface area contributed by atoms with E-state index in [1.54, 1.807) is 11.3 Å². The first-order chi connectivity index (χ1) is 5.90. The number of rotatable bonds is 2. The van der Waals surface area contributed by atoms with E-state index in [1.165, 1.54) is 0 Å². The number of H-pyrrole nitrogens is 1. The molecule has 0 unspecified atom stereocenters. The van der Waals surface area contributed by atoms with Crippen molar-refractivity contribution in [3.05, 3.63) is 29.5 Å². The molecule has 2 nitrogen and oxygen atoms in total. The van der Waals surface area contributed by atoms with Crippen LogP contribution in [0.5, 0.6) is 0 Å². The minimum atomic E-state index is 0.491. The summed E-state index contributed by atoms with van der Waals surface area (Å²) < 4.78 is 0. The molecule has 62 valence electrons. The minimum Gasteiger partial charge on any atom is -0.360 e. The monoisotopic (exact) mass is 198 g/mol. The third-order valence-corrected chi connectivity index (χ3v) is 2.97. The Morgan fingerprint density at radius 1 is 1.58 bits per heavy atom. The normalized spacial score (nSPS) is 10.4. The first kappa shape index (κ1) is 7.83. The van der Waals surface area contributed by atoms with E-state index in [9.17, 15) is 0 Å². The molecular formula is C8H7ClN2S. The highest BCUT2D eigenvalue weighted by molar-refractivity contribution is 7.15. The number of aromatic nitrogens is 2. The summed E-state index contributed by atoms with van der Waals surface area (Å²) >= 11 is 7.26. The summed E-state index contributed by atoms with van der Waals surface area (Å²) in [6, 6.07) is 3.99. The maximum absolute atomic E-state index is 5.64. The number of nitrogens with one attached hydrogen (secondary N) is 1. The molecule has 2 aromatic heterocycles. The summed E-state index contributed by atoms with van der Waals surface area (Å²) in [5.74, 6) is 0.491. The fraction of sp³-hybridized carbons (Fsp3) is 0.125. The van der Waals surface area contributed by atoms with Gasteiger partial charge in [0.15, 0.2) is 0 Å². The van der Waals surface area contributed by atoms with Crippen molar-refractivity contribution in [1.82, 2.24) is 9.97 Å². The van der Waals surface area contributed by atoms with E-state index in [2.05, 4.69) is 9.97 Å². The zero-order valence-electron chi connectivity index (χ0n) is 6.25. The van der Waals surface area contributed by atoms with Crippen molar-refractivity contribution in [3.63, 3.8) is 0 Å². The van der Waals surface area contributed by atoms with Crippen molar-refractivity contribution in [2.75, 3.05) is 0 Å². The summed E-state index contributed by atoms with van der Waals surface area (Å²) in [5.41, 5.74) is 1.10. The largest absolute Gasteiger partial charge is 0.360 e. The molecule has 0 saturated carbocycles. The zero-order valence-corrected chi connectivity index (χ0v) is 7.82. The maximum Gasteiger partial charge on any atom is 0.108 e. The number of thiazole rings is 1. The Labute approximate surface area is 79.2 Å². The predicted octanol–water partition coefficient (Wildman–Crippen LogP) is 2.88. The van der Waals surface area contributed by atoms with E-state index in [4.69, 9.17) is 11.6 Å². The average molecular weight is 199 g/mol. The predicted molar refractivity (Wildman–Crippen MR) is 51.5 cm³/mol. The van der Waals surface area contributed by atoms with Gasteiger partial charge in [-0.25, -0.2) is 4.98 Å². The van der Waals surface area contributed by atoms with Gasteiger partial charge in [0.1, 0.15) is 5.01 Å². The van der Waals surface area contributed by atoms with Gasteiger partial charge in [0, 0.05) is 12.4 Å². The molecule has 0 fully saturated rings. The van der Waals surface area contributed by atoms with Crippen molar-refractivity contribution in [3.8, 4) is 10.6 Å². The second kappa shape index (κ2) is 3.29. The molecule has 0 spiro atoms. The molecule has 2 rings (SSSR count). The van der Waals surface area contributed by atoms with Gasteiger partial charge in [0.25, 0.3) is 0 Å². The summed E-state index contributed by atoms with van der Waals surface area (Å²) in [5, 5.41) is 0.960. The van der Waals surface area contributed by atoms with Crippen molar-refractivity contribution in [1.29, 1.82) is 0 Å². The van der Waals surface area contributed by atoms with Gasteiger partial charge in [-0.05, 0) is 12.1 Å². The Bertz CT molecular complexity index is 353. The van der Waals surface area contributed by atoms with Gasteiger partial charge in [-0.2, -0.15) is 0 Å². The molecule has 0 amide bonds. The van der Waals surface area contributed by atoms with Crippen LogP contribution in [0.25, 0.3) is 10.6 Å². The standard InChI is InChI=1S/C8H7ClN2S/c9-4-8-11-5-7(12-8)6-2-1-3-10-6/h1-3,5,10H,4H2. The fourth-order valence-electron chi connectivity index (χ4n) is 0.980. The highest BCUT2D eigenvalue weighted by Gasteiger charge is 2.02. The molecule has 0 atom stereocenters. The molecule has 12 heavy (non-hydrogen) atoms. The number of aromatic amines is 1. The molecule has 0 radical (unpaired) electrons. The maximum atomic E-state index is 5.64. The smallest absolute Gasteiger partial charge is 0.108 e.